The average molecular weight is 573 g/mol. The van der Waals surface area contributed by atoms with E-state index in [0.29, 0.717) is 24.3 Å². The first-order chi connectivity index (χ1) is 18.1. The minimum atomic E-state index is -4.89. The summed E-state index contributed by atoms with van der Waals surface area (Å²) in [6, 6.07) is 0.725. The van der Waals surface area contributed by atoms with E-state index in [1.807, 2.05) is 6.92 Å². The fourth-order valence-electron chi connectivity index (χ4n) is 5.00. The van der Waals surface area contributed by atoms with Crippen LogP contribution >= 0.6 is 12.2 Å². The number of nitrogens with one attached hydrogen (secondary N) is 1. The number of likely N-dealkylation sites (tertiary alicyclic amines) is 1. The van der Waals surface area contributed by atoms with E-state index in [-0.39, 0.29) is 37.6 Å². The Bertz CT molecular complexity index is 1140. The first-order valence-corrected chi connectivity index (χ1v) is 13.3. The summed E-state index contributed by atoms with van der Waals surface area (Å²) in [4.78, 5) is 43.1. The number of alkyl halides is 3. The van der Waals surface area contributed by atoms with Crippen molar-refractivity contribution in [3.05, 3.63) is 23.3 Å². The fraction of sp³-hybridized carbons (Fsp3) is 0.615. The van der Waals surface area contributed by atoms with Crippen molar-refractivity contribution >= 4 is 40.8 Å². The molecule has 0 saturated carbocycles. The van der Waals surface area contributed by atoms with Crippen LogP contribution in [0.15, 0.2) is 12.1 Å². The largest absolute Gasteiger partial charge is 0.476 e. The molecule has 0 radical (unpaired) electrons. The molecule has 1 saturated heterocycles. The maximum atomic E-state index is 14.3. The SMILES string of the molecule is CCC(=S)NCCN1C(=O)C(C)(C)Oc2cc(C(F)(F)F)c(C(=O)N(C(C)C)[C@@H]3CCCN(C(=O)O)C3)cc21. The Kier molecular flexibility index (Phi) is 9.03. The van der Waals surface area contributed by atoms with Gasteiger partial charge in [0, 0.05) is 32.2 Å². The van der Waals surface area contributed by atoms with Gasteiger partial charge in [0.2, 0.25) is 0 Å². The molecule has 39 heavy (non-hydrogen) atoms. The van der Waals surface area contributed by atoms with Gasteiger partial charge in [-0.3, -0.25) is 9.59 Å². The zero-order chi connectivity index (χ0) is 29.3. The Balaban J connectivity index is 2.10. The van der Waals surface area contributed by atoms with Crippen molar-refractivity contribution in [2.24, 2.45) is 0 Å². The number of piperidine rings is 1. The second-order valence-corrected chi connectivity index (χ2v) is 11.0. The number of amides is 3. The number of anilines is 1. The fourth-order valence-corrected chi connectivity index (χ4v) is 5.10. The van der Waals surface area contributed by atoms with Gasteiger partial charge in [-0.15, -0.1) is 0 Å². The average Bonchev–Trinajstić information content (AvgIpc) is 2.84. The van der Waals surface area contributed by atoms with Gasteiger partial charge >= 0.3 is 12.3 Å². The summed E-state index contributed by atoms with van der Waals surface area (Å²) in [5.74, 6) is -1.52. The van der Waals surface area contributed by atoms with Gasteiger partial charge in [-0.05, 0) is 59.1 Å². The van der Waals surface area contributed by atoms with Gasteiger partial charge < -0.3 is 29.9 Å². The van der Waals surface area contributed by atoms with Crippen LogP contribution in [0, 0.1) is 0 Å². The van der Waals surface area contributed by atoms with Crippen molar-refractivity contribution in [1.82, 2.24) is 15.1 Å². The molecule has 216 valence electrons. The number of hydrogen-bond acceptors (Lipinski definition) is 5. The second kappa shape index (κ2) is 11.6. The lowest BCUT2D eigenvalue weighted by Gasteiger charge is -2.42. The van der Waals surface area contributed by atoms with E-state index in [1.165, 1.54) is 28.5 Å². The van der Waals surface area contributed by atoms with E-state index < -0.39 is 52.9 Å². The highest BCUT2D eigenvalue weighted by molar-refractivity contribution is 7.80. The molecule has 3 rings (SSSR count). The lowest BCUT2D eigenvalue weighted by Crippen LogP contribution is -2.55. The quantitative estimate of drug-likeness (QED) is 0.463. The van der Waals surface area contributed by atoms with Gasteiger partial charge in [0.05, 0.1) is 27.8 Å². The maximum Gasteiger partial charge on any atom is 0.417 e. The molecule has 0 aliphatic carbocycles. The molecule has 2 aliphatic rings. The third-order valence-corrected chi connectivity index (χ3v) is 7.31. The molecule has 3 amide bonds. The van der Waals surface area contributed by atoms with Gasteiger partial charge in [-0.25, -0.2) is 4.79 Å². The minimum absolute atomic E-state index is 0.00351. The summed E-state index contributed by atoms with van der Waals surface area (Å²) < 4.78 is 48.7. The minimum Gasteiger partial charge on any atom is -0.476 e. The van der Waals surface area contributed by atoms with E-state index in [1.54, 1.807) is 13.8 Å². The Hall–Kier alpha value is -3.09. The van der Waals surface area contributed by atoms with Gasteiger partial charge in [0.1, 0.15) is 5.75 Å². The summed E-state index contributed by atoms with van der Waals surface area (Å²) in [6.45, 7) is 8.78. The van der Waals surface area contributed by atoms with E-state index >= 15 is 0 Å². The van der Waals surface area contributed by atoms with Gasteiger partial charge in [-0.2, -0.15) is 13.2 Å². The predicted octanol–water partition coefficient (Wildman–Crippen LogP) is 4.53. The molecular weight excluding hydrogens is 537 g/mol. The number of halogens is 3. The number of rotatable bonds is 7. The van der Waals surface area contributed by atoms with E-state index in [9.17, 15) is 32.7 Å². The molecule has 0 bridgehead atoms. The topological polar surface area (TPSA) is 102 Å². The molecule has 0 unspecified atom stereocenters. The predicted molar refractivity (Wildman–Crippen MR) is 143 cm³/mol. The van der Waals surface area contributed by atoms with Crippen molar-refractivity contribution in [3.63, 3.8) is 0 Å². The molecule has 9 nitrogen and oxygen atoms in total. The number of carboxylic acid groups (broad SMARTS) is 1. The van der Waals surface area contributed by atoms with Crippen LogP contribution in [0.2, 0.25) is 0 Å². The molecule has 2 heterocycles. The highest BCUT2D eigenvalue weighted by Crippen LogP contribution is 2.44. The number of fused-ring (bicyclic) bond motifs is 1. The van der Waals surface area contributed by atoms with Crippen LogP contribution in [-0.2, 0) is 11.0 Å². The Morgan fingerprint density at radius 3 is 2.54 bits per heavy atom. The molecule has 0 aromatic heterocycles. The molecule has 2 N–H and O–H groups in total. The normalized spacial score (nSPS) is 18.9. The molecule has 0 spiro atoms. The van der Waals surface area contributed by atoms with Gasteiger partial charge in [-0.1, -0.05) is 19.1 Å². The van der Waals surface area contributed by atoms with Crippen LogP contribution in [0.1, 0.15) is 69.8 Å². The second-order valence-electron chi connectivity index (χ2n) is 10.5. The summed E-state index contributed by atoms with van der Waals surface area (Å²) >= 11 is 5.17. The van der Waals surface area contributed by atoms with Crippen molar-refractivity contribution in [2.75, 3.05) is 31.1 Å². The monoisotopic (exact) mass is 572 g/mol. The summed E-state index contributed by atoms with van der Waals surface area (Å²) in [5.41, 5.74) is -3.18. The van der Waals surface area contributed by atoms with Gasteiger partial charge in [0.15, 0.2) is 5.60 Å². The van der Waals surface area contributed by atoms with Crippen molar-refractivity contribution in [3.8, 4) is 5.75 Å². The standard InChI is InChI=1S/C26H35F3N4O5S/c1-6-21(39)30-9-11-32-19-12-17(18(26(27,28)29)13-20(19)38-25(4,5)23(32)35)22(34)33(15(2)3)16-8-7-10-31(14-16)24(36)37/h12-13,15-16H,6-11,14H2,1-5H3,(H,30,39)(H,36,37)/t16-/m1/s1. The molecule has 1 aromatic rings. The smallest absolute Gasteiger partial charge is 0.417 e. The third kappa shape index (κ3) is 6.56. The van der Waals surface area contributed by atoms with Gasteiger partial charge in [0.25, 0.3) is 11.8 Å². The number of ether oxygens (including phenoxy) is 1. The van der Waals surface area contributed by atoms with Crippen LogP contribution in [0.4, 0.5) is 23.7 Å². The Morgan fingerprint density at radius 1 is 1.31 bits per heavy atom. The maximum absolute atomic E-state index is 14.3. The molecule has 1 fully saturated rings. The van der Waals surface area contributed by atoms with Crippen molar-refractivity contribution in [2.45, 2.75) is 77.7 Å². The van der Waals surface area contributed by atoms with Crippen LogP contribution in [0.25, 0.3) is 0 Å². The molecule has 1 atom stereocenters. The van der Waals surface area contributed by atoms with Crippen molar-refractivity contribution < 1.29 is 37.4 Å². The highest BCUT2D eigenvalue weighted by Gasteiger charge is 2.45. The van der Waals surface area contributed by atoms with Crippen LogP contribution in [0.3, 0.4) is 0 Å². The lowest BCUT2D eigenvalue weighted by atomic mass is 9.96. The Labute approximate surface area is 231 Å². The molecule has 13 heteroatoms. The number of nitrogens with zero attached hydrogens (tertiary/aromatic N) is 3. The van der Waals surface area contributed by atoms with E-state index in [4.69, 9.17) is 17.0 Å². The molecule has 2 aliphatic heterocycles. The number of carbonyl (C=O) groups is 3. The Morgan fingerprint density at radius 2 is 1.97 bits per heavy atom. The third-order valence-electron chi connectivity index (χ3n) is 6.88. The molecule has 1 aromatic carbocycles. The van der Waals surface area contributed by atoms with Crippen LogP contribution < -0.4 is 15.0 Å². The first-order valence-electron chi connectivity index (χ1n) is 12.9. The number of benzene rings is 1. The van der Waals surface area contributed by atoms with Crippen LogP contribution in [0.5, 0.6) is 5.75 Å². The number of carbonyl (C=O) groups excluding carboxylic acids is 2. The highest BCUT2D eigenvalue weighted by atomic mass is 32.1. The number of thiocarbonyl (C=S) groups is 1. The zero-order valence-corrected chi connectivity index (χ0v) is 23.5. The first kappa shape index (κ1) is 30.5. The van der Waals surface area contributed by atoms with Crippen LogP contribution in [-0.4, -0.2) is 81.7 Å². The van der Waals surface area contributed by atoms with Crippen molar-refractivity contribution in [1.29, 1.82) is 0 Å². The lowest BCUT2D eigenvalue weighted by molar-refractivity contribution is -0.138. The summed E-state index contributed by atoms with van der Waals surface area (Å²) in [5, 5.41) is 12.5. The van der Waals surface area contributed by atoms with E-state index in [0.717, 1.165) is 12.1 Å². The molecular formula is C26H35F3N4O5S. The zero-order valence-electron chi connectivity index (χ0n) is 22.7. The number of hydrogen-bond donors (Lipinski definition) is 2. The van der Waals surface area contributed by atoms with E-state index in [2.05, 4.69) is 5.32 Å². The summed E-state index contributed by atoms with van der Waals surface area (Å²) in [6.07, 6.45) is -4.53. The summed E-state index contributed by atoms with van der Waals surface area (Å²) in [7, 11) is 0.